The Morgan fingerprint density at radius 3 is 0.800 bits per heavy atom. The summed E-state index contributed by atoms with van der Waals surface area (Å²) < 4.78 is 0. The van der Waals surface area contributed by atoms with Crippen molar-refractivity contribution in [1.29, 1.82) is 0 Å². The summed E-state index contributed by atoms with van der Waals surface area (Å²) in [6.45, 7) is 0. The molecule has 10 heteroatoms. The van der Waals surface area contributed by atoms with Crippen LogP contribution in [0.25, 0.3) is 0 Å². The fourth-order valence-corrected chi connectivity index (χ4v) is 0. The summed E-state index contributed by atoms with van der Waals surface area (Å²) in [5, 5.41) is 21.5. The SMILES string of the molecule is OB(O)O.O[Si](O)(O)O.[BaH2]. The fraction of sp³-hybridized carbons (Fsp3) is 0. The molecule has 0 unspecified atom stereocenters. The standard InChI is InChI=1S/BH3O3.Ba.H4O4Si.2H/c2-1(3)4;;1-5(2,3)4;;/h2-4H;;1-4H;;. The van der Waals surface area contributed by atoms with Crippen LogP contribution in [0.5, 0.6) is 0 Å². The Labute approximate surface area is 98.3 Å². The van der Waals surface area contributed by atoms with Crippen molar-refractivity contribution in [2.24, 2.45) is 0 Å². The first-order valence-electron chi connectivity index (χ1n) is 1.67. The van der Waals surface area contributed by atoms with Gasteiger partial charge in [-0.1, -0.05) is 0 Å². The van der Waals surface area contributed by atoms with Crippen LogP contribution in [0.2, 0.25) is 0 Å². The molecule has 0 heterocycles. The van der Waals surface area contributed by atoms with E-state index in [1.54, 1.807) is 0 Å². The van der Waals surface area contributed by atoms with Gasteiger partial charge in [0.15, 0.2) is 0 Å². The first-order chi connectivity index (χ1) is 3.73. The van der Waals surface area contributed by atoms with Gasteiger partial charge in [-0.2, -0.15) is 0 Å². The average Bonchev–Trinajstić information content (AvgIpc) is 1.19. The Hall–Kier alpha value is 1.57. The zero-order valence-electron chi connectivity index (χ0n) is 4.21. The van der Waals surface area contributed by atoms with Gasteiger partial charge in [0.25, 0.3) is 0 Å². The van der Waals surface area contributed by atoms with Crippen molar-refractivity contribution >= 4 is 65.3 Å². The maximum atomic E-state index is 7.33. The Morgan fingerprint density at radius 2 is 0.800 bits per heavy atom. The van der Waals surface area contributed by atoms with Crippen LogP contribution in [-0.4, -0.2) is 99.5 Å². The predicted molar refractivity (Wildman–Crippen MR) is 35.6 cm³/mol. The minimum absolute atomic E-state index is 0. The van der Waals surface area contributed by atoms with Gasteiger partial charge in [-0.05, 0) is 0 Å². The molecule has 0 radical (unpaired) electrons. The van der Waals surface area contributed by atoms with E-state index in [0.717, 1.165) is 0 Å². The van der Waals surface area contributed by atoms with Crippen LogP contribution in [0.15, 0.2) is 0 Å². The van der Waals surface area contributed by atoms with Crippen LogP contribution >= 0.6 is 0 Å². The van der Waals surface area contributed by atoms with Crippen LogP contribution < -0.4 is 0 Å². The molecule has 7 N–H and O–H groups in total. The second-order valence-electron chi connectivity index (χ2n) is 0.946. The molecule has 60 valence electrons. The van der Waals surface area contributed by atoms with E-state index >= 15 is 0 Å². The normalized spacial score (nSPS) is 8.70. The summed E-state index contributed by atoms with van der Waals surface area (Å²) in [5.41, 5.74) is 0. The molecule has 0 saturated carbocycles. The molecule has 7 nitrogen and oxygen atoms in total. The van der Waals surface area contributed by atoms with E-state index in [9.17, 15) is 0 Å². The van der Waals surface area contributed by atoms with E-state index in [-0.39, 0.29) is 48.9 Å². The Morgan fingerprint density at radius 1 is 0.800 bits per heavy atom. The zero-order chi connectivity index (χ0) is 8.08. The van der Waals surface area contributed by atoms with Crippen molar-refractivity contribution < 1.29 is 34.3 Å². The van der Waals surface area contributed by atoms with Gasteiger partial charge in [-0.3, -0.25) is 0 Å². The molecule has 0 aromatic heterocycles. The minimum atomic E-state index is -4.61. The van der Waals surface area contributed by atoms with E-state index in [2.05, 4.69) is 0 Å². The topological polar surface area (TPSA) is 142 Å². The molecular formula is H9BBaO7Si. The van der Waals surface area contributed by atoms with E-state index in [0.29, 0.717) is 0 Å². The molecule has 0 rings (SSSR count). The van der Waals surface area contributed by atoms with E-state index in [4.69, 9.17) is 34.3 Å². The van der Waals surface area contributed by atoms with Gasteiger partial charge in [0.05, 0.1) is 0 Å². The van der Waals surface area contributed by atoms with Crippen molar-refractivity contribution in [2.75, 3.05) is 0 Å². The molecule has 0 bridgehead atoms. The monoisotopic (exact) mass is 298 g/mol. The molecule has 0 aliphatic rings. The first-order valence-corrected chi connectivity index (χ1v) is 3.46. The summed E-state index contributed by atoms with van der Waals surface area (Å²) in [4.78, 5) is 29.3. The van der Waals surface area contributed by atoms with Gasteiger partial charge in [-0.15, -0.1) is 0 Å². The molecule has 10 heavy (non-hydrogen) atoms. The van der Waals surface area contributed by atoms with Crippen LogP contribution in [0, 0.1) is 0 Å². The molecule has 0 aliphatic carbocycles. The summed E-state index contributed by atoms with van der Waals surface area (Å²) in [6.07, 6.45) is 0. The van der Waals surface area contributed by atoms with Gasteiger partial charge < -0.3 is 34.3 Å². The van der Waals surface area contributed by atoms with Crippen molar-refractivity contribution in [2.45, 2.75) is 0 Å². The van der Waals surface area contributed by atoms with Crippen LogP contribution in [0.4, 0.5) is 0 Å². The molecule has 0 amide bonds. The average molecular weight is 297 g/mol. The van der Waals surface area contributed by atoms with Gasteiger partial charge >= 0.3 is 65.3 Å². The van der Waals surface area contributed by atoms with Crippen molar-refractivity contribution in [1.82, 2.24) is 0 Å². The third kappa shape index (κ3) is 284. The summed E-state index contributed by atoms with van der Waals surface area (Å²) in [6, 6.07) is 0. The van der Waals surface area contributed by atoms with E-state index < -0.39 is 16.4 Å². The van der Waals surface area contributed by atoms with Crippen LogP contribution in [-0.2, 0) is 0 Å². The fourth-order valence-electron chi connectivity index (χ4n) is 0. The van der Waals surface area contributed by atoms with Gasteiger partial charge in [0, 0.05) is 0 Å². The van der Waals surface area contributed by atoms with Crippen LogP contribution in [0.1, 0.15) is 0 Å². The molecule has 0 saturated heterocycles. The van der Waals surface area contributed by atoms with E-state index in [1.807, 2.05) is 0 Å². The molecule has 0 fully saturated rings. The maximum absolute atomic E-state index is 7.33. The molecule has 0 aliphatic heterocycles. The van der Waals surface area contributed by atoms with Crippen molar-refractivity contribution in [3.8, 4) is 0 Å². The molecule has 0 atom stereocenters. The second-order valence-corrected chi connectivity index (χ2v) is 2.15. The van der Waals surface area contributed by atoms with Crippen molar-refractivity contribution in [3.05, 3.63) is 0 Å². The summed E-state index contributed by atoms with van der Waals surface area (Å²) in [5.74, 6) is 0. The van der Waals surface area contributed by atoms with Gasteiger partial charge in [0.1, 0.15) is 0 Å². The Kier molecular flexibility index (Phi) is 15.3. The predicted octanol–water partition coefficient (Wildman–Crippen LogP) is -5.58. The number of hydrogen-bond acceptors (Lipinski definition) is 7. The summed E-state index contributed by atoms with van der Waals surface area (Å²) in [7, 11) is -6.78. The molecule has 0 aromatic carbocycles. The first kappa shape index (κ1) is 17.6. The Bertz CT molecular complexity index is 50.4. The summed E-state index contributed by atoms with van der Waals surface area (Å²) >= 11 is 0. The van der Waals surface area contributed by atoms with E-state index in [1.165, 1.54) is 0 Å². The Balaban J connectivity index is -0.0000000910. The van der Waals surface area contributed by atoms with Crippen molar-refractivity contribution in [3.63, 3.8) is 0 Å². The quantitative estimate of drug-likeness (QED) is 0.221. The molecule has 0 aromatic rings. The second kappa shape index (κ2) is 8.67. The van der Waals surface area contributed by atoms with Crippen LogP contribution in [0.3, 0.4) is 0 Å². The van der Waals surface area contributed by atoms with Gasteiger partial charge in [0.2, 0.25) is 0 Å². The third-order valence-electron chi connectivity index (χ3n) is 0. The molecule has 0 spiro atoms. The third-order valence-corrected chi connectivity index (χ3v) is 0. The zero-order valence-corrected chi connectivity index (χ0v) is 5.21. The number of hydrogen-bond donors (Lipinski definition) is 7. The van der Waals surface area contributed by atoms with Gasteiger partial charge in [-0.25, -0.2) is 0 Å². The molecular weight excluding hydrogens is 288 g/mol. The number of rotatable bonds is 0.